The van der Waals surface area contributed by atoms with E-state index in [1.807, 2.05) is 23.1 Å². The number of aliphatic hydroxyl groups is 1. The van der Waals surface area contributed by atoms with Gasteiger partial charge in [-0.05, 0) is 18.9 Å². The number of amides is 2. The zero-order valence-corrected chi connectivity index (χ0v) is 12.7. The predicted octanol–water partition coefficient (Wildman–Crippen LogP) is 0.937. The van der Waals surface area contributed by atoms with Crippen molar-refractivity contribution in [3.63, 3.8) is 0 Å². The fourth-order valence-electron chi connectivity index (χ4n) is 2.58. The Labute approximate surface area is 126 Å². The molecule has 1 aromatic rings. The number of hydrogen-bond donors (Lipinski definition) is 2. The summed E-state index contributed by atoms with van der Waals surface area (Å²) in [6.45, 7) is 6.25. The minimum Gasteiger partial charge on any atom is -0.392 e. The standard InChI is InChI=1S/C16H25N3O2/c1-14(20)13-18-9-11-19(12-10-18)16(21)17-8-7-15-5-3-2-4-6-15/h2-6,14,20H,7-13H2,1H3,(H,17,21)/t14-/m0/s1. The molecule has 1 aromatic carbocycles. The average molecular weight is 291 g/mol. The summed E-state index contributed by atoms with van der Waals surface area (Å²) in [5.74, 6) is 0. The summed E-state index contributed by atoms with van der Waals surface area (Å²) in [6, 6.07) is 10.2. The highest BCUT2D eigenvalue weighted by Gasteiger charge is 2.21. The van der Waals surface area contributed by atoms with Crippen LogP contribution in [0.1, 0.15) is 12.5 Å². The number of piperazine rings is 1. The Hall–Kier alpha value is -1.59. The molecule has 0 aliphatic carbocycles. The first kappa shape index (κ1) is 15.8. The van der Waals surface area contributed by atoms with Gasteiger partial charge in [0.2, 0.25) is 0 Å². The maximum Gasteiger partial charge on any atom is 0.317 e. The Morgan fingerprint density at radius 1 is 1.24 bits per heavy atom. The van der Waals surface area contributed by atoms with Gasteiger partial charge in [0.15, 0.2) is 0 Å². The molecule has 1 saturated heterocycles. The molecule has 0 saturated carbocycles. The molecule has 0 radical (unpaired) electrons. The number of aliphatic hydroxyl groups excluding tert-OH is 1. The topological polar surface area (TPSA) is 55.8 Å². The van der Waals surface area contributed by atoms with E-state index in [9.17, 15) is 9.90 Å². The Balaban J connectivity index is 1.65. The van der Waals surface area contributed by atoms with E-state index in [1.165, 1.54) is 5.56 Å². The van der Waals surface area contributed by atoms with Crippen LogP contribution in [0.2, 0.25) is 0 Å². The zero-order chi connectivity index (χ0) is 15.1. The molecule has 0 spiro atoms. The van der Waals surface area contributed by atoms with Crippen LogP contribution in [-0.2, 0) is 6.42 Å². The molecule has 5 nitrogen and oxygen atoms in total. The van der Waals surface area contributed by atoms with E-state index >= 15 is 0 Å². The molecule has 0 aromatic heterocycles. The van der Waals surface area contributed by atoms with Gasteiger partial charge in [-0.2, -0.15) is 0 Å². The number of benzene rings is 1. The molecular formula is C16H25N3O2. The minimum absolute atomic E-state index is 0.0163. The molecule has 116 valence electrons. The Morgan fingerprint density at radius 2 is 1.90 bits per heavy atom. The van der Waals surface area contributed by atoms with E-state index < -0.39 is 0 Å². The van der Waals surface area contributed by atoms with Gasteiger partial charge >= 0.3 is 6.03 Å². The van der Waals surface area contributed by atoms with Gasteiger partial charge in [-0.25, -0.2) is 4.79 Å². The molecular weight excluding hydrogens is 266 g/mol. The molecule has 0 bridgehead atoms. The van der Waals surface area contributed by atoms with Crippen LogP contribution in [0.15, 0.2) is 30.3 Å². The highest BCUT2D eigenvalue weighted by Crippen LogP contribution is 2.03. The molecule has 1 aliphatic rings. The largest absolute Gasteiger partial charge is 0.392 e. The van der Waals surface area contributed by atoms with Crippen LogP contribution in [-0.4, -0.2) is 66.3 Å². The van der Waals surface area contributed by atoms with E-state index in [0.717, 1.165) is 32.6 Å². The monoisotopic (exact) mass is 291 g/mol. The lowest BCUT2D eigenvalue weighted by Crippen LogP contribution is -2.53. The lowest BCUT2D eigenvalue weighted by Gasteiger charge is -2.35. The van der Waals surface area contributed by atoms with Crippen molar-refractivity contribution in [3.8, 4) is 0 Å². The second kappa shape index (κ2) is 8.00. The number of β-amino-alcohol motifs (C(OH)–C–C–N with tert-alkyl or cyclic N) is 1. The van der Waals surface area contributed by atoms with E-state index in [4.69, 9.17) is 0 Å². The zero-order valence-electron chi connectivity index (χ0n) is 12.7. The van der Waals surface area contributed by atoms with Crippen LogP contribution in [0.5, 0.6) is 0 Å². The third-order valence-corrected chi connectivity index (χ3v) is 3.71. The van der Waals surface area contributed by atoms with E-state index in [1.54, 1.807) is 6.92 Å². The summed E-state index contributed by atoms with van der Waals surface area (Å²) in [4.78, 5) is 16.1. The van der Waals surface area contributed by atoms with Crippen molar-refractivity contribution in [3.05, 3.63) is 35.9 Å². The number of nitrogens with one attached hydrogen (secondary N) is 1. The first-order valence-corrected chi connectivity index (χ1v) is 7.62. The molecule has 2 amide bonds. The van der Waals surface area contributed by atoms with E-state index in [-0.39, 0.29) is 12.1 Å². The van der Waals surface area contributed by atoms with E-state index in [2.05, 4.69) is 22.3 Å². The van der Waals surface area contributed by atoms with Crippen LogP contribution in [0.25, 0.3) is 0 Å². The van der Waals surface area contributed by atoms with Crippen LogP contribution >= 0.6 is 0 Å². The quantitative estimate of drug-likeness (QED) is 0.849. The van der Waals surface area contributed by atoms with Gasteiger partial charge in [-0.3, -0.25) is 4.90 Å². The first-order valence-electron chi connectivity index (χ1n) is 7.62. The van der Waals surface area contributed by atoms with Crippen LogP contribution < -0.4 is 5.32 Å². The van der Waals surface area contributed by atoms with Gasteiger partial charge in [-0.1, -0.05) is 30.3 Å². The van der Waals surface area contributed by atoms with Crippen LogP contribution in [0.4, 0.5) is 4.79 Å². The second-order valence-electron chi connectivity index (χ2n) is 5.60. The van der Waals surface area contributed by atoms with Gasteiger partial charge < -0.3 is 15.3 Å². The smallest absolute Gasteiger partial charge is 0.317 e. The van der Waals surface area contributed by atoms with E-state index in [0.29, 0.717) is 13.1 Å². The third kappa shape index (κ3) is 5.36. The number of nitrogens with zero attached hydrogens (tertiary/aromatic N) is 2. The summed E-state index contributed by atoms with van der Waals surface area (Å²) in [5, 5.41) is 12.3. The molecule has 1 heterocycles. The highest BCUT2D eigenvalue weighted by molar-refractivity contribution is 5.74. The Bertz CT molecular complexity index is 428. The van der Waals surface area contributed by atoms with Crippen LogP contribution in [0, 0.1) is 0 Å². The minimum atomic E-state index is -0.309. The molecule has 21 heavy (non-hydrogen) atoms. The number of carbonyl (C=O) groups is 1. The van der Waals surface area contributed by atoms with Crippen molar-refractivity contribution in [2.75, 3.05) is 39.3 Å². The van der Waals surface area contributed by atoms with Gasteiger partial charge in [-0.15, -0.1) is 0 Å². The van der Waals surface area contributed by atoms with Crippen molar-refractivity contribution >= 4 is 6.03 Å². The average Bonchev–Trinajstić information content (AvgIpc) is 2.48. The fourth-order valence-corrected chi connectivity index (χ4v) is 2.58. The van der Waals surface area contributed by atoms with Gasteiger partial charge in [0, 0.05) is 39.3 Å². The summed E-state index contributed by atoms with van der Waals surface area (Å²) < 4.78 is 0. The lowest BCUT2D eigenvalue weighted by molar-refractivity contribution is 0.0898. The number of carbonyl (C=O) groups excluding carboxylic acids is 1. The number of hydrogen-bond acceptors (Lipinski definition) is 3. The Kier molecular flexibility index (Phi) is 6.02. The molecule has 2 rings (SSSR count). The summed E-state index contributed by atoms with van der Waals surface area (Å²) in [6.07, 6.45) is 0.547. The van der Waals surface area contributed by atoms with Crippen molar-refractivity contribution < 1.29 is 9.90 Å². The molecule has 1 aliphatic heterocycles. The maximum absolute atomic E-state index is 12.1. The summed E-state index contributed by atoms with van der Waals surface area (Å²) in [7, 11) is 0. The third-order valence-electron chi connectivity index (χ3n) is 3.71. The SMILES string of the molecule is C[C@H](O)CN1CCN(C(=O)NCCc2ccccc2)CC1. The number of rotatable bonds is 5. The predicted molar refractivity (Wildman–Crippen MR) is 83.2 cm³/mol. The van der Waals surface area contributed by atoms with Gasteiger partial charge in [0.05, 0.1) is 6.10 Å². The van der Waals surface area contributed by atoms with Crippen molar-refractivity contribution in [2.45, 2.75) is 19.4 Å². The summed E-state index contributed by atoms with van der Waals surface area (Å²) >= 11 is 0. The molecule has 5 heteroatoms. The van der Waals surface area contributed by atoms with Crippen molar-refractivity contribution in [2.24, 2.45) is 0 Å². The lowest BCUT2D eigenvalue weighted by atomic mass is 10.1. The van der Waals surface area contributed by atoms with Gasteiger partial charge in [0.1, 0.15) is 0 Å². The number of urea groups is 1. The van der Waals surface area contributed by atoms with Crippen molar-refractivity contribution in [1.82, 2.24) is 15.1 Å². The normalized spacial score (nSPS) is 17.5. The van der Waals surface area contributed by atoms with Crippen LogP contribution in [0.3, 0.4) is 0 Å². The highest BCUT2D eigenvalue weighted by atomic mass is 16.3. The molecule has 2 N–H and O–H groups in total. The first-order chi connectivity index (χ1) is 10.1. The van der Waals surface area contributed by atoms with Gasteiger partial charge in [0.25, 0.3) is 0 Å². The second-order valence-corrected chi connectivity index (χ2v) is 5.60. The Morgan fingerprint density at radius 3 is 2.52 bits per heavy atom. The molecule has 1 atom stereocenters. The molecule has 1 fully saturated rings. The fraction of sp³-hybridized carbons (Fsp3) is 0.562. The maximum atomic E-state index is 12.1. The summed E-state index contributed by atoms with van der Waals surface area (Å²) in [5.41, 5.74) is 1.24. The molecule has 0 unspecified atom stereocenters. The van der Waals surface area contributed by atoms with Crippen molar-refractivity contribution in [1.29, 1.82) is 0 Å².